The van der Waals surface area contributed by atoms with E-state index >= 15 is 0 Å². The second-order valence-electron chi connectivity index (χ2n) is 9.36. The lowest BCUT2D eigenvalue weighted by atomic mass is 10.1. The average Bonchev–Trinajstić information content (AvgIpc) is 2.84. The second kappa shape index (κ2) is 10.9. The van der Waals surface area contributed by atoms with Gasteiger partial charge in [0.15, 0.2) is 0 Å². The summed E-state index contributed by atoms with van der Waals surface area (Å²) in [6.07, 6.45) is 1.21. The molecule has 0 spiro atoms. The van der Waals surface area contributed by atoms with Crippen molar-refractivity contribution in [1.82, 2.24) is 25.1 Å². The van der Waals surface area contributed by atoms with Gasteiger partial charge in [0.05, 0.1) is 18.4 Å². The molecule has 1 aromatic carbocycles. The van der Waals surface area contributed by atoms with Gasteiger partial charge in [0.25, 0.3) is 0 Å². The number of aromatic nitrogens is 2. The number of benzene rings is 1. The molecule has 0 bridgehead atoms. The van der Waals surface area contributed by atoms with Gasteiger partial charge in [0.1, 0.15) is 5.82 Å². The highest BCUT2D eigenvalue weighted by atomic mass is 35.5. The van der Waals surface area contributed by atoms with Crippen LogP contribution in [0, 0.1) is 0 Å². The zero-order valence-electron chi connectivity index (χ0n) is 19.7. The fourth-order valence-electron chi connectivity index (χ4n) is 4.86. The van der Waals surface area contributed by atoms with Gasteiger partial charge < -0.3 is 25.2 Å². The summed E-state index contributed by atoms with van der Waals surface area (Å²) in [5, 5.41) is 8.26. The zero-order chi connectivity index (χ0) is 23.5. The van der Waals surface area contributed by atoms with Gasteiger partial charge in [0, 0.05) is 87.5 Å². The Morgan fingerprint density at radius 3 is 2.79 bits per heavy atom. The molecule has 0 unspecified atom stereocenters. The lowest BCUT2D eigenvalue weighted by Gasteiger charge is -2.38. The lowest BCUT2D eigenvalue weighted by Crippen LogP contribution is -2.52. The largest absolute Gasteiger partial charge is 0.374 e. The van der Waals surface area contributed by atoms with Crippen LogP contribution in [0.2, 0.25) is 10.0 Å². The third-order valence-electron chi connectivity index (χ3n) is 6.84. The van der Waals surface area contributed by atoms with Crippen LogP contribution in [0.4, 0.5) is 11.8 Å². The van der Waals surface area contributed by atoms with Crippen LogP contribution >= 0.6 is 23.2 Å². The summed E-state index contributed by atoms with van der Waals surface area (Å²) in [6, 6.07) is 5.60. The number of ether oxygens (including phenoxy) is 1. The molecule has 10 heteroatoms. The molecule has 1 aromatic heterocycles. The Kier molecular flexibility index (Phi) is 7.73. The number of rotatable bonds is 6. The third-order valence-corrected chi connectivity index (χ3v) is 7.43. The van der Waals surface area contributed by atoms with Crippen LogP contribution in [0.5, 0.6) is 0 Å². The molecule has 3 aliphatic rings. The highest BCUT2D eigenvalue weighted by Crippen LogP contribution is 2.26. The van der Waals surface area contributed by atoms with Crippen molar-refractivity contribution in [3.05, 3.63) is 45.1 Å². The Bertz CT molecular complexity index is 1000. The van der Waals surface area contributed by atoms with E-state index in [2.05, 4.69) is 32.4 Å². The number of nitrogens with one attached hydrogen (secondary N) is 2. The summed E-state index contributed by atoms with van der Waals surface area (Å²) in [7, 11) is 2.17. The molecule has 0 saturated carbocycles. The summed E-state index contributed by atoms with van der Waals surface area (Å²) >= 11 is 12.4. The highest BCUT2D eigenvalue weighted by Gasteiger charge is 2.26. The van der Waals surface area contributed by atoms with Crippen molar-refractivity contribution < 1.29 is 4.74 Å². The Balaban J connectivity index is 1.26. The van der Waals surface area contributed by atoms with Crippen LogP contribution in [0.1, 0.15) is 16.8 Å². The maximum atomic E-state index is 6.39. The molecule has 184 valence electrons. The first-order chi connectivity index (χ1) is 16.5. The molecule has 3 aliphatic heterocycles. The maximum absolute atomic E-state index is 6.39. The van der Waals surface area contributed by atoms with Crippen molar-refractivity contribution in [1.29, 1.82) is 0 Å². The first-order valence-electron chi connectivity index (χ1n) is 12.1. The van der Waals surface area contributed by atoms with E-state index in [1.807, 2.05) is 12.1 Å². The third kappa shape index (κ3) is 5.75. The van der Waals surface area contributed by atoms with Crippen LogP contribution in [-0.4, -0.2) is 91.9 Å². The van der Waals surface area contributed by atoms with E-state index in [1.165, 1.54) is 0 Å². The van der Waals surface area contributed by atoms with E-state index in [9.17, 15) is 0 Å². The normalized spacial score (nSPS) is 22.0. The Morgan fingerprint density at radius 2 is 2.00 bits per heavy atom. The van der Waals surface area contributed by atoms with Gasteiger partial charge in [-0.3, -0.25) is 4.90 Å². The van der Waals surface area contributed by atoms with Crippen molar-refractivity contribution >= 4 is 35.0 Å². The fourth-order valence-corrected chi connectivity index (χ4v) is 5.33. The highest BCUT2D eigenvalue weighted by molar-refractivity contribution is 6.35. The van der Waals surface area contributed by atoms with Crippen LogP contribution < -0.4 is 15.5 Å². The number of anilines is 2. The zero-order valence-corrected chi connectivity index (χ0v) is 21.2. The summed E-state index contributed by atoms with van der Waals surface area (Å²) in [4.78, 5) is 17.1. The fraction of sp³-hybridized carbons (Fsp3) is 0.583. The quantitative estimate of drug-likeness (QED) is 0.620. The van der Waals surface area contributed by atoms with Gasteiger partial charge in [-0.05, 0) is 24.7 Å². The standard InChI is InChI=1S/C24H33Cl2N7O/c1-31-10-11-34-19(15-31)16-32-6-8-33(9-7-32)24-29-22-4-5-27-14-20(22)23(30-24)28-13-17-2-3-18(25)12-21(17)26/h2-3,12,19,27H,4-11,13-16H2,1H3,(H,28,29,30)/t19-/m1/s1. The summed E-state index contributed by atoms with van der Waals surface area (Å²) < 4.78 is 5.97. The molecular weight excluding hydrogens is 473 g/mol. The van der Waals surface area contributed by atoms with Crippen LogP contribution in [0.15, 0.2) is 18.2 Å². The van der Waals surface area contributed by atoms with E-state index < -0.39 is 0 Å². The van der Waals surface area contributed by atoms with E-state index in [-0.39, 0.29) is 0 Å². The van der Waals surface area contributed by atoms with Gasteiger partial charge in [-0.25, -0.2) is 4.98 Å². The molecule has 2 N–H and O–H groups in total. The van der Waals surface area contributed by atoms with Crippen LogP contribution in [0.25, 0.3) is 0 Å². The first-order valence-corrected chi connectivity index (χ1v) is 12.9. The van der Waals surface area contributed by atoms with Crippen molar-refractivity contribution in [3.63, 3.8) is 0 Å². The monoisotopic (exact) mass is 505 g/mol. The molecule has 8 nitrogen and oxygen atoms in total. The number of likely N-dealkylation sites (N-methyl/N-ethyl adjacent to an activating group) is 1. The van der Waals surface area contributed by atoms with Gasteiger partial charge in [-0.1, -0.05) is 29.3 Å². The van der Waals surface area contributed by atoms with Crippen LogP contribution in [-0.2, 0) is 24.2 Å². The predicted molar refractivity (Wildman–Crippen MR) is 137 cm³/mol. The lowest BCUT2D eigenvalue weighted by molar-refractivity contribution is -0.0361. The predicted octanol–water partition coefficient (Wildman–Crippen LogP) is 2.49. The van der Waals surface area contributed by atoms with E-state index in [0.717, 1.165) is 101 Å². The average molecular weight is 506 g/mol. The number of hydrogen-bond donors (Lipinski definition) is 2. The number of halogens is 2. The Morgan fingerprint density at radius 1 is 1.15 bits per heavy atom. The summed E-state index contributed by atoms with van der Waals surface area (Å²) in [6.45, 7) is 9.98. The summed E-state index contributed by atoms with van der Waals surface area (Å²) in [5.74, 6) is 1.71. The second-order valence-corrected chi connectivity index (χ2v) is 10.2. The molecule has 2 saturated heterocycles. The number of piperazine rings is 1. The van der Waals surface area contributed by atoms with Gasteiger partial charge >= 0.3 is 0 Å². The minimum absolute atomic E-state index is 0.299. The Labute approximate surface area is 211 Å². The molecule has 0 amide bonds. The van der Waals surface area contributed by atoms with Gasteiger partial charge in [-0.15, -0.1) is 0 Å². The molecule has 2 fully saturated rings. The van der Waals surface area contributed by atoms with Crippen LogP contribution in [0.3, 0.4) is 0 Å². The smallest absolute Gasteiger partial charge is 0.227 e. The summed E-state index contributed by atoms with van der Waals surface area (Å²) in [5.41, 5.74) is 3.28. The van der Waals surface area contributed by atoms with Crippen molar-refractivity contribution in [3.8, 4) is 0 Å². The number of morpholine rings is 1. The molecule has 0 radical (unpaired) electrons. The molecule has 34 heavy (non-hydrogen) atoms. The van der Waals surface area contributed by atoms with E-state index in [4.69, 9.17) is 37.9 Å². The first kappa shape index (κ1) is 24.0. The molecule has 1 atom stereocenters. The number of fused-ring (bicyclic) bond motifs is 1. The number of hydrogen-bond acceptors (Lipinski definition) is 8. The van der Waals surface area contributed by atoms with Gasteiger partial charge in [0.2, 0.25) is 5.95 Å². The number of nitrogens with zero attached hydrogens (tertiary/aromatic N) is 5. The molecule has 5 rings (SSSR count). The van der Waals surface area contributed by atoms with Crippen molar-refractivity contribution in [2.75, 3.05) is 76.2 Å². The van der Waals surface area contributed by atoms with E-state index in [0.29, 0.717) is 22.7 Å². The van der Waals surface area contributed by atoms with Crippen molar-refractivity contribution in [2.45, 2.75) is 25.6 Å². The molecule has 0 aliphatic carbocycles. The SMILES string of the molecule is CN1CCO[C@@H](CN2CCN(c3nc4c(c(NCc5ccc(Cl)cc5Cl)n3)CNCC4)CC2)C1. The topological polar surface area (TPSA) is 68.8 Å². The van der Waals surface area contributed by atoms with Crippen molar-refractivity contribution in [2.24, 2.45) is 0 Å². The minimum Gasteiger partial charge on any atom is -0.374 e. The maximum Gasteiger partial charge on any atom is 0.227 e. The minimum atomic E-state index is 0.299. The molecular formula is C24H33Cl2N7O. The molecule has 2 aromatic rings. The van der Waals surface area contributed by atoms with E-state index in [1.54, 1.807) is 6.07 Å². The van der Waals surface area contributed by atoms with Gasteiger partial charge in [-0.2, -0.15) is 4.98 Å². The Hall–Kier alpha value is -1.68. The molecule has 4 heterocycles.